The van der Waals surface area contributed by atoms with Crippen LogP contribution < -0.4 is 0 Å². The first-order valence-corrected chi connectivity index (χ1v) is 6.29. The Labute approximate surface area is 115 Å². The van der Waals surface area contributed by atoms with Crippen molar-refractivity contribution in [3.8, 4) is 16.9 Å². The van der Waals surface area contributed by atoms with Gasteiger partial charge < -0.3 is 4.57 Å². The highest BCUT2D eigenvalue weighted by molar-refractivity contribution is 5.64. The maximum absolute atomic E-state index is 4.32. The predicted octanol–water partition coefficient (Wildman–Crippen LogP) is 2.58. The van der Waals surface area contributed by atoms with Crippen molar-refractivity contribution < 1.29 is 0 Å². The molecule has 0 atom stereocenters. The van der Waals surface area contributed by atoms with Crippen molar-refractivity contribution in [3.63, 3.8) is 0 Å². The van der Waals surface area contributed by atoms with E-state index >= 15 is 0 Å². The van der Waals surface area contributed by atoms with Gasteiger partial charge in [0.1, 0.15) is 0 Å². The quantitative estimate of drug-likeness (QED) is 0.557. The minimum absolute atomic E-state index is 0.843. The van der Waals surface area contributed by atoms with E-state index in [1.807, 2.05) is 39.5 Å². The van der Waals surface area contributed by atoms with E-state index in [-0.39, 0.29) is 0 Å². The van der Waals surface area contributed by atoms with Crippen molar-refractivity contribution in [2.45, 2.75) is 0 Å². The number of imidazole rings is 1. The number of aromatic nitrogens is 5. The van der Waals surface area contributed by atoms with Crippen molar-refractivity contribution in [1.82, 2.24) is 24.1 Å². The van der Waals surface area contributed by atoms with Gasteiger partial charge in [-0.2, -0.15) is 5.10 Å². The van der Waals surface area contributed by atoms with Crippen LogP contribution in [0.5, 0.6) is 0 Å². The molecular formula is C15H11N5. The molecule has 5 heteroatoms. The summed E-state index contributed by atoms with van der Waals surface area (Å²) < 4.78 is 3.82. The van der Waals surface area contributed by atoms with Crippen LogP contribution in [0, 0.1) is 0 Å². The molecule has 0 unspecified atom stereocenters. The molecule has 0 aliphatic carbocycles. The highest BCUT2D eigenvalue weighted by Crippen LogP contribution is 2.22. The summed E-state index contributed by atoms with van der Waals surface area (Å²) in [5, 5.41) is 4.32. The number of hydrogen-bond donors (Lipinski definition) is 0. The predicted molar refractivity (Wildman–Crippen MR) is 75.5 cm³/mol. The van der Waals surface area contributed by atoms with Gasteiger partial charge in [-0.25, -0.2) is 14.5 Å². The first-order valence-electron chi connectivity index (χ1n) is 6.29. The SMILES string of the molecule is c1cc(-c2ccnc3ccnn23)cc(-n2ccnc2)c1. The summed E-state index contributed by atoms with van der Waals surface area (Å²) >= 11 is 0. The fraction of sp³-hybridized carbons (Fsp3) is 0. The lowest BCUT2D eigenvalue weighted by Gasteiger charge is -2.07. The zero-order valence-corrected chi connectivity index (χ0v) is 10.6. The van der Waals surface area contributed by atoms with Crippen molar-refractivity contribution in [3.05, 3.63) is 67.5 Å². The third kappa shape index (κ3) is 1.68. The van der Waals surface area contributed by atoms with Gasteiger partial charge in [0.25, 0.3) is 0 Å². The van der Waals surface area contributed by atoms with Crippen LogP contribution in [0.3, 0.4) is 0 Å². The molecule has 1 aromatic carbocycles. The van der Waals surface area contributed by atoms with Gasteiger partial charge >= 0.3 is 0 Å². The lowest BCUT2D eigenvalue weighted by molar-refractivity contribution is 0.947. The number of benzene rings is 1. The molecule has 5 nitrogen and oxygen atoms in total. The van der Waals surface area contributed by atoms with Crippen LogP contribution in [0.4, 0.5) is 0 Å². The molecule has 4 aromatic rings. The van der Waals surface area contributed by atoms with Gasteiger partial charge in [-0.05, 0) is 18.2 Å². The Hall–Kier alpha value is -2.95. The first-order chi connectivity index (χ1) is 9.92. The molecule has 3 aromatic heterocycles. The van der Waals surface area contributed by atoms with Crippen LogP contribution in [0.25, 0.3) is 22.6 Å². The fourth-order valence-corrected chi connectivity index (χ4v) is 2.29. The second-order valence-corrected chi connectivity index (χ2v) is 4.45. The Bertz CT molecular complexity index is 861. The molecule has 0 bridgehead atoms. The Kier molecular flexibility index (Phi) is 2.35. The monoisotopic (exact) mass is 261 g/mol. The van der Waals surface area contributed by atoms with Gasteiger partial charge in [0, 0.05) is 35.9 Å². The minimum Gasteiger partial charge on any atom is -0.306 e. The molecule has 0 amide bonds. The minimum atomic E-state index is 0.843. The second kappa shape index (κ2) is 4.31. The number of fused-ring (bicyclic) bond motifs is 1. The van der Waals surface area contributed by atoms with Crippen molar-refractivity contribution >= 4 is 5.65 Å². The van der Waals surface area contributed by atoms with Crippen LogP contribution in [0.1, 0.15) is 0 Å². The van der Waals surface area contributed by atoms with E-state index in [2.05, 4.69) is 27.2 Å². The maximum Gasteiger partial charge on any atom is 0.155 e. The van der Waals surface area contributed by atoms with E-state index in [4.69, 9.17) is 0 Å². The number of hydrogen-bond acceptors (Lipinski definition) is 3. The summed E-state index contributed by atoms with van der Waals surface area (Å²) in [6.45, 7) is 0. The van der Waals surface area contributed by atoms with Gasteiger partial charge in [0.2, 0.25) is 0 Å². The summed E-state index contributed by atoms with van der Waals surface area (Å²) in [6, 6.07) is 12.1. The van der Waals surface area contributed by atoms with Crippen LogP contribution in [-0.2, 0) is 0 Å². The van der Waals surface area contributed by atoms with E-state index in [0.29, 0.717) is 0 Å². The molecule has 0 saturated heterocycles. The summed E-state index contributed by atoms with van der Waals surface area (Å²) in [6.07, 6.45) is 9.04. The lowest BCUT2D eigenvalue weighted by Crippen LogP contribution is -1.96. The third-order valence-electron chi connectivity index (χ3n) is 3.23. The van der Waals surface area contributed by atoms with E-state index < -0.39 is 0 Å². The maximum atomic E-state index is 4.32. The Morgan fingerprint density at radius 3 is 2.85 bits per heavy atom. The molecule has 0 aliphatic heterocycles. The van der Waals surface area contributed by atoms with Crippen LogP contribution in [-0.4, -0.2) is 24.1 Å². The smallest absolute Gasteiger partial charge is 0.155 e. The van der Waals surface area contributed by atoms with Crippen LogP contribution in [0.2, 0.25) is 0 Å². The average molecular weight is 261 g/mol. The molecule has 0 aliphatic rings. The summed E-state index contributed by atoms with van der Waals surface area (Å²) in [7, 11) is 0. The lowest BCUT2D eigenvalue weighted by atomic mass is 10.1. The molecule has 0 fully saturated rings. The first kappa shape index (κ1) is 10.9. The van der Waals surface area contributed by atoms with E-state index in [1.165, 1.54) is 0 Å². The molecule has 0 saturated carbocycles. The second-order valence-electron chi connectivity index (χ2n) is 4.45. The molecule has 20 heavy (non-hydrogen) atoms. The molecule has 0 spiro atoms. The molecule has 4 rings (SSSR count). The molecule has 3 heterocycles. The standard InChI is InChI=1S/C15H11N5/c1-2-12(10-13(3-1)19-9-8-16-11-19)14-4-6-17-15-5-7-18-20(14)15/h1-11H. The zero-order valence-electron chi connectivity index (χ0n) is 10.6. The Balaban J connectivity index is 1.91. The van der Waals surface area contributed by atoms with Crippen LogP contribution >= 0.6 is 0 Å². The topological polar surface area (TPSA) is 48.0 Å². The van der Waals surface area contributed by atoms with Gasteiger partial charge in [-0.1, -0.05) is 12.1 Å². The van der Waals surface area contributed by atoms with Crippen molar-refractivity contribution in [2.24, 2.45) is 0 Å². The van der Waals surface area contributed by atoms with Crippen molar-refractivity contribution in [1.29, 1.82) is 0 Å². The Morgan fingerprint density at radius 2 is 1.95 bits per heavy atom. The molecule has 0 radical (unpaired) electrons. The molecular weight excluding hydrogens is 250 g/mol. The van der Waals surface area contributed by atoms with Gasteiger partial charge in [0.05, 0.1) is 18.2 Å². The van der Waals surface area contributed by atoms with Gasteiger partial charge in [0.15, 0.2) is 5.65 Å². The summed E-state index contributed by atoms with van der Waals surface area (Å²) in [5.41, 5.74) is 4.02. The van der Waals surface area contributed by atoms with Gasteiger partial charge in [-0.15, -0.1) is 0 Å². The van der Waals surface area contributed by atoms with Crippen molar-refractivity contribution in [2.75, 3.05) is 0 Å². The zero-order chi connectivity index (χ0) is 13.4. The number of rotatable bonds is 2. The fourth-order valence-electron chi connectivity index (χ4n) is 2.29. The largest absolute Gasteiger partial charge is 0.306 e. The summed E-state index contributed by atoms with van der Waals surface area (Å²) in [5.74, 6) is 0. The highest BCUT2D eigenvalue weighted by Gasteiger charge is 2.06. The number of nitrogens with zero attached hydrogens (tertiary/aromatic N) is 5. The third-order valence-corrected chi connectivity index (χ3v) is 3.23. The average Bonchev–Trinajstić information content (AvgIpc) is 3.18. The van der Waals surface area contributed by atoms with Gasteiger partial charge in [-0.3, -0.25) is 0 Å². The van der Waals surface area contributed by atoms with E-state index in [1.54, 1.807) is 24.9 Å². The summed E-state index contributed by atoms with van der Waals surface area (Å²) in [4.78, 5) is 8.36. The van der Waals surface area contributed by atoms with E-state index in [9.17, 15) is 0 Å². The normalized spacial score (nSPS) is 11.0. The molecule has 0 N–H and O–H groups in total. The Morgan fingerprint density at radius 1 is 0.950 bits per heavy atom. The highest BCUT2D eigenvalue weighted by atomic mass is 15.2. The van der Waals surface area contributed by atoms with Crippen LogP contribution in [0.15, 0.2) is 67.5 Å². The van der Waals surface area contributed by atoms with E-state index in [0.717, 1.165) is 22.6 Å². The molecule has 96 valence electrons.